The number of carboxylic acid groups (broad SMARTS) is 1. The third-order valence-electron chi connectivity index (χ3n) is 2.17. The minimum atomic E-state index is -0.986. The van der Waals surface area contributed by atoms with Crippen molar-refractivity contribution in [2.24, 2.45) is 5.16 Å². The number of hydrogen-bond acceptors (Lipinski definition) is 4. The van der Waals surface area contributed by atoms with Crippen LogP contribution in [0.15, 0.2) is 5.16 Å². The van der Waals surface area contributed by atoms with Crippen molar-refractivity contribution in [3.63, 3.8) is 0 Å². The van der Waals surface area contributed by atoms with Gasteiger partial charge in [0.05, 0.1) is 5.71 Å². The summed E-state index contributed by atoms with van der Waals surface area (Å²) in [4.78, 5) is 17.1. The van der Waals surface area contributed by atoms with Gasteiger partial charge in [0.1, 0.15) is 0 Å². The molecule has 0 amide bonds. The zero-order chi connectivity index (χ0) is 10.4. The largest absolute Gasteiger partial charge is 0.479 e. The molecular formula is C9H16N2O3. The molecule has 0 radical (unpaired) electrons. The number of rotatable bonds is 3. The van der Waals surface area contributed by atoms with Crippen LogP contribution in [0.3, 0.4) is 0 Å². The van der Waals surface area contributed by atoms with Crippen LogP contribution in [0.5, 0.6) is 0 Å². The second-order valence-electron chi connectivity index (χ2n) is 3.48. The molecule has 0 atom stereocenters. The predicted octanol–water partition coefficient (Wildman–Crippen LogP) is 0.559. The molecule has 0 spiro atoms. The molecule has 0 unspecified atom stereocenters. The van der Waals surface area contributed by atoms with E-state index in [1.807, 2.05) is 0 Å². The van der Waals surface area contributed by atoms with Gasteiger partial charge >= 0.3 is 5.97 Å². The Hall–Kier alpha value is -1.10. The van der Waals surface area contributed by atoms with Crippen LogP contribution in [-0.2, 0) is 9.63 Å². The maximum atomic E-state index is 10.2. The van der Waals surface area contributed by atoms with Crippen LogP contribution >= 0.6 is 0 Å². The molecule has 1 N–H and O–H groups in total. The maximum Gasteiger partial charge on any atom is 0.344 e. The van der Waals surface area contributed by atoms with Crippen molar-refractivity contribution in [3.8, 4) is 0 Å². The van der Waals surface area contributed by atoms with Gasteiger partial charge in [0, 0.05) is 13.0 Å². The van der Waals surface area contributed by atoms with Crippen LogP contribution in [0.1, 0.15) is 19.3 Å². The molecule has 80 valence electrons. The van der Waals surface area contributed by atoms with Crippen molar-refractivity contribution in [2.75, 3.05) is 26.7 Å². The average molecular weight is 200 g/mol. The standard InChI is InChI=1S/C9H16N2O3/c1-11-5-2-3-8(4-6-11)10-14-7-9(12)13/h2-7H2,1H3,(H,12,13)/b10-8+. The van der Waals surface area contributed by atoms with E-state index in [1.165, 1.54) is 0 Å². The number of hydrogen-bond donors (Lipinski definition) is 1. The van der Waals surface area contributed by atoms with Gasteiger partial charge in [0.25, 0.3) is 0 Å². The SMILES string of the molecule is CN1CCC/C(=N\OCC(=O)O)CC1. The highest BCUT2D eigenvalue weighted by Gasteiger charge is 2.09. The second kappa shape index (κ2) is 5.59. The Morgan fingerprint density at radius 3 is 3.07 bits per heavy atom. The summed E-state index contributed by atoms with van der Waals surface area (Å²) in [6, 6.07) is 0. The third-order valence-corrected chi connectivity index (χ3v) is 2.17. The fourth-order valence-corrected chi connectivity index (χ4v) is 1.38. The van der Waals surface area contributed by atoms with E-state index >= 15 is 0 Å². The first-order valence-corrected chi connectivity index (χ1v) is 4.76. The van der Waals surface area contributed by atoms with Crippen molar-refractivity contribution in [1.82, 2.24) is 4.90 Å². The van der Waals surface area contributed by atoms with Crippen LogP contribution in [0.4, 0.5) is 0 Å². The van der Waals surface area contributed by atoms with Crippen LogP contribution in [0.25, 0.3) is 0 Å². The molecule has 0 aromatic heterocycles. The highest BCUT2D eigenvalue weighted by Crippen LogP contribution is 2.06. The smallest absolute Gasteiger partial charge is 0.344 e. The van der Waals surface area contributed by atoms with Crippen molar-refractivity contribution in [3.05, 3.63) is 0 Å². The molecule has 1 aliphatic heterocycles. The fourth-order valence-electron chi connectivity index (χ4n) is 1.38. The van der Waals surface area contributed by atoms with E-state index in [2.05, 4.69) is 17.1 Å². The zero-order valence-corrected chi connectivity index (χ0v) is 8.40. The van der Waals surface area contributed by atoms with Crippen LogP contribution in [0, 0.1) is 0 Å². The van der Waals surface area contributed by atoms with Gasteiger partial charge in [0.15, 0.2) is 0 Å². The lowest BCUT2D eigenvalue weighted by atomic mass is 10.2. The lowest BCUT2D eigenvalue weighted by Crippen LogP contribution is -2.18. The Bertz CT molecular complexity index is 228. The first kappa shape index (κ1) is 11.0. The molecule has 1 aliphatic rings. The summed E-state index contributed by atoms with van der Waals surface area (Å²) < 4.78 is 0. The van der Waals surface area contributed by atoms with E-state index in [0.29, 0.717) is 0 Å². The summed E-state index contributed by atoms with van der Waals surface area (Å²) in [6.07, 6.45) is 2.84. The van der Waals surface area contributed by atoms with Crippen molar-refractivity contribution in [2.45, 2.75) is 19.3 Å². The number of likely N-dealkylation sites (tertiary alicyclic amines) is 1. The highest BCUT2D eigenvalue weighted by atomic mass is 16.6. The predicted molar refractivity (Wildman–Crippen MR) is 52.4 cm³/mol. The molecule has 0 aromatic carbocycles. The van der Waals surface area contributed by atoms with Crippen molar-refractivity contribution in [1.29, 1.82) is 0 Å². The van der Waals surface area contributed by atoms with Crippen molar-refractivity contribution < 1.29 is 14.7 Å². The van der Waals surface area contributed by atoms with E-state index < -0.39 is 5.97 Å². The Balaban J connectivity index is 2.31. The summed E-state index contributed by atoms with van der Waals surface area (Å²) in [5.41, 5.74) is 0.968. The highest BCUT2D eigenvalue weighted by molar-refractivity contribution is 5.84. The van der Waals surface area contributed by atoms with Gasteiger partial charge < -0.3 is 14.8 Å². The Labute approximate surface area is 83.3 Å². The summed E-state index contributed by atoms with van der Waals surface area (Å²) in [6.45, 7) is 1.69. The summed E-state index contributed by atoms with van der Waals surface area (Å²) in [5, 5.41) is 12.2. The van der Waals surface area contributed by atoms with Crippen molar-refractivity contribution >= 4 is 11.7 Å². The van der Waals surface area contributed by atoms with E-state index in [1.54, 1.807) is 0 Å². The average Bonchev–Trinajstić information content (AvgIpc) is 2.30. The third kappa shape index (κ3) is 4.23. The van der Waals surface area contributed by atoms with E-state index in [9.17, 15) is 4.79 Å². The monoisotopic (exact) mass is 200 g/mol. The maximum absolute atomic E-state index is 10.2. The molecule has 1 rings (SSSR count). The minimum absolute atomic E-state index is 0.348. The Kier molecular flexibility index (Phi) is 4.39. The molecule has 0 aromatic rings. The lowest BCUT2D eigenvalue weighted by molar-refractivity contribution is -0.142. The van der Waals surface area contributed by atoms with Crippen LogP contribution < -0.4 is 0 Å². The number of nitrogens with zero attached hydrogens (tertiary/aromatic N) is 2. The topological polar surface area (TPSA) is 62.1 Å². The Morgan fingerprint density at radius 2 is 2.36 bits per heavy atom. The van der Waals surface area contributed by atoms with Gasteiger partial charge in [-0.15, -0.1) is 0 Å². The minimum Gasteiger partial charge on any atom is -0.479 e. The van der Waals surface area contributed by atoms with Gasteiger partial charge in [-0.2, -0.15) is 0 Å². The summed E-state index contributed by atoms with van der Waals surface area (Å²) in [5.74, 6) is -0.986. The lowest BCUT2D eigenvalue weighted by Gasteiger charge is -2.10. The molecule has 1 heterocycles. The van der Waals surface area contributed by atoms with E-state index in [4.69, 9.17) is 9.94 Å². The molecule has 1 saturated heterocycles. The fraction of sp³-hybridized carbons (Fsp3) is 0.778. The van der Waals surface area contributed by atoms with Gasteiger partial charge in [0.2, 0.25) is 6.61 Å². The van der Waals surface area contributed by atoms with Gasteiger partial charge in [-0.05, 0) is 26.4 Å². The molecule has 1 fully saturated rings. The quantitative estimate of drug-likeness (QED) is 0.676. The first-order chi connectivity index (χ1) is 6.68. The van der Waals surface area contributed by atoms with E-state index in [-0.39, 0.29) is 6.61 Å². The number of carbonyl (C=O) groups is 1. The molecule has 0 bridgehead atoms. The molecule has 0 aliphatic carbocycles. The van der Waals surface area contributed by atoms with Crippen LogP contribution in [-0.4, -0.2) is 48.4 Å². The van der Waals surface area contributed by atoms with Gasteiger partial charge in [-0.25, -0.2) is 4.79 Å². The van der Waals surface area contributed by atoms with E-state index in [0.717, 1.165) is 38.1 Å². The van der Waals surface area contributed by atoms with Gasteiger partial charge in [-0.3, -0.25) is 0 Å². The molecule has 5 heteroatoms. The molecule has 14 heavy (non-hydrogen) atoms. The number of aliphatic carboxylic acids is 1. The second-order valence-corrected chi connectivity index (χ2v) is 3.48. The molecule has 5 nitrogen and oxygen atoms in total. The number of carboxylic acids is 1. The van der Waals surface area contributed by atoms with Gasteiger partial charge in [-0.1, -0.05) is 5.16 Å². The number of oxime groups is 1. The normalized spacial score (nSPS) is 21.9. The van der Waals surface area contributed by atoms with Crippen LogP contribution in [0.2, 0.25) is 0 Å². The molecular weight excluding hydrogens is 184 g/mol. The summed E-state index contributed by atoms with van der Waals surface area (Å²) in [7, 11) is 2.07. The zero-order valence-electron chi connectivity index (χ0n) is 8.40. The first-order valence-electron chi connectivity index (χ1n) is 4.76. The molecule has 0 saturated carbocycles. The summed E-state index contributed by atoms with van der Waals surface area (Å²) >= 11 is 0. The Morgan fingerprint density at radius 1 is 1.57 bits per heavy atom.